The molecule has 2 saturated heterocycles. The Labute approximate surface area is 162 Å². The van der Waals surface area contributed by atoms with Gasteiger partial charge in [0, 0.05) is 31.1 Å². The van der Waals surface area contributed by atoms with Crippen LogP contribution in [0.4, 0.5) is 0 Å². The summed E-state index contributed by atoms with van der Waals surface area (Å²) in [5.74, 6) is -1.69. The third-order valence-corrected chi connectivity index (χ3v) is 5.27. The summed E-state index contributed by atoms with van der Waals surface area (Å²) < 4.78 is 0. The maximum absolute atomic E-state index is 13.0. The first-order chi connectivity index (χ1) is 13.5. The molecule has 0 aliphatic carbocycles. The Bertz CT molecular complexity index is 947. The van der Waals surface area contributed by atoms with Gasteiger partial charge in [0.1, 0.15) is 0 Å². The molecule has 3 amide bonds. The molecule has 0 bridgehead atoms. The van der Waals surface area contributed by atoms with Crippen molar-refractivity contribution in [1.29, 1.82) is 0 Å². The van der Waals surface area contributed by atoms with Crippen LogP contribution < -0.4 is 5.73 Å². The predicted molar refractivity (Wildman–Crippen MR) is 100 cm³/mol. The second kappa shape index (κ2) is 7.29. The lowest BCUT2D eigenvalue weighted by Gasteiger charge is -2.26. The number of aromatic nitrogens is 1. The van der Waals surface area contributed by atoms with E-state index in [4.69, 9.17) is 10.6 Å². The number of hydroxylamine groups is 2. The fourth-order valence-electron chi connectivity index (χ4n) is 4.01. The molecule has 0 spiro atoms. The van der Waals surface area contributed by atoms with E-state index in [2.05, 4.69) is 4.98 Å². The van der Waals surface area contributed by atoms with E-state index in [1.54, 1.807) is 11.3 Å². The molecule has 0 saturated carbocycles. The summed E-state index contributed by atoms with van der Waals surface area (Å²) in [7, 11) is 0. The number of primary amides is 1. The van der Waals surface area contributed by atoms with Gasteiger partial charge in [0.2, 0.25) is 11.8 Å². The summed E-state index contributed by atoms with van der Waals surface area (Å²) in [6.45, 7) is 2.49. The second-order valence-electron chi connectivity index (χ2n) is 7.14. The summed E-state index contributed by atoms with van der Waals surface area (Å²) in [5, 5.41) is 2.48. The number of hydrogen-bond donors (Lipinski definition) is 1. The molecule has 4 rings (SSSR count). The highest BCUT2D eigenvalue weighted by atomic mass is 16.7. The molecule has 3 unspecified atom stereocenters. The molecule has 8 nitrogen and oxygen atoms in total. The number of benzene rings is 1. The van der Waals surface area contributed by atoms with Crippen molar-refractivity contribution in [1.82, 2.24) is 14.9 Å². The molecule has 28 heavy (non-hydrogen) atoms. The Hall–Kier alpha value is -2.84. The van der Waals surface area contributed by atoms with E-state index in [-0.39, 0.29) is 24.8 Å². The molecule has 2 aromatic rings. The Kier molecular flexibility index (Phi) is 4.82. The van der Waals surface area contributed by atoms with Crippen LogP contribution in [-0.4, -0.2) is 51.9 Å². The van der Waals surface area contributed by atoms with Gasteiger partial charge in [-0.25, -0.2) is 0 Å². The minimum atomic E-state index is -0.872. The lowest BCUT2D eigenvalue weighted by atomic mass is 9.91. The average Bonchev–Trinajstić information content (AvgIpc) is 3.17. The third kappa shape index (κ3) is 3.04. The normalized spacial score (nSPS) is 24.9. The van der Waals surface area contributed by atoms with Gasteiger partial charge in [0.15, 0.2) is 6.10 Å². The van der Waals surface area contributed by atoms with Crippen molar-refractivity contribution >= 4 is 28.6 Å². The van der Waals surface area contributed by atoms with Gasteiger partial charge in [-0.1, -0.05) is 25.1 Å². The van der Waals surface area contributed by atoms with E-state index in [1.165, 1.54) is 4.90 Å². The zero-order valence-electron chi connectivity index (χ0n) is 15.6. The molecule has 2 aliphatic heterocycles. The number of fused-ring (bicyclic) bond motifs is 2. The molecule has 2 aliphatic rings. The molecule has 2 N–H and O–H groups in total. The van der Waals surface area contributed by atoms with Crippen molar-refractivity contribution in [2.45, 2.75) is 31.9 Å². The van der Waals surface area contributed by atoms with Crippen molar-refractivity contribution in [2.75, 3.05) is 13.1 Å². The zero-order valence-corrected chi connectivity index (χ0v) is 15.6. The van der Waals surface area contributed by atoms with Crippen LogP contribution in [0.15, 0.2) is 36.5 Å². The number of likely N-dealkylation sites (tertiary alicyclic amines) is 1. The lowest BCUT2D eigenvalue weighted by Crippen LogP contribution is -2.38. The third-order valence-electron chi connectivity index (χ3n) is 5.27. The first kappa shape index (κ1) is 18.5. The van der Waals surface area contributed by atoms with Crippen molar-refractivity contribution in [3.8, 4) is 0 Å². The number of carbonyl (C=O) groups is 3. The van der Waals surface area contributed by atoms with Crippen molar-refractivity contribution < 1.29 is 19.2 Å². The number of pyridine rings is 1. The standard InChI is InChI=1S/C20H22N4O4/c1-2-8-23-19(26)16-17(13-10-12-5-3-4-6-14(12)22-11-13)24(9-7-15(21)25)28-18(16)20(23)27/h3-6,10-11,16-18H,2,7-9H2,1H3,(H2,21,25). The van der Waals surface area contributed by atoms with Crippen LogP contribution in [0.2, 0.25) is 0 Å². The highest BCUT2D eigenvalue weighted by Crippen LogP contribution is 2.44. The van der Waals surface area contributed by atoms with Gasteiger partial charge < -0.3 is 5.73 Å². The van der Waals surface area contributed by atoms with Crippen LogP contribution in [0.3, 0.4) is 0 Å². The average molecular weight is 382 g/mol. The van der Waals surface area contributed by atoms with Gasteiger partial charge in [0.05, 0.1) is 17.5 Å². The van der Waals surface area contributed by atoms with Crippen molar-refractivity contribution in [3.63, 3.8) is 0 Å². The Balaban J connectivity index is 1.73. The number of hydrogen-bond acceptors (Lipinski definition) is 6. The number of amides is 3. The Morgan fingerprint density at radius 2 is 2.00 bits per heavy atom. The second-order valence-corrected chi connectivity index (χ2v) is 7.14. The highest BCUT2D eigenvalue weighted by molar-refractivity contribution is 6.07. The largest absolute Gasteiger partial charge is 0.370 e. The Morgan fingerprint density at radius 1 is 1.21 bits per heavy atom. The van der Waals surface area contributed by atoms with Gasteiger partial charge in [-0.2, -0.15) is 5.06 Å². The van der Waals surface area contributed by atoms with Gasteiger partial charge in [-0.05, 0) is 24.1 Å². The fourth-order valence-corrected chi connectivity index (χ4v) is 4.01. The molecule has 146 valence electrons. The smallest absolute Gasteiger partial charge is 0.261 e. The summed E-state index contributed by atoms with van der Waals surface area (Å²) in [6.07, 6.45) is 1.59. The topological polar surface area (TPSA) is 106 Å². The number of para-hydroxylation sites is 1. The number of nitrogens with two attached hydrogens (primary N) is 1. The van der Waals surface area contributed by atoms with E-state index < -0.39 is 24.0 Å². The van der Waals surface area contributed by atoms with E-state index in [0.717, 1.165) is 16.5 Å². The molecular formula is C20H22N4O4. The van der Waals surface area contributed by atoms with Crippen LogP contribution in [0, 0.1) is 5.92 Å². The van der Waals surface area contributed by atoms with Gasteiger partial charge in [-0.3, -0.25) is 29.1 Å². The molecule has 1 aromatic carbocycles. The number of imide groups is 1. The van der Waals surface area contributed by atoms with Gasteiger partial charge in [0.25, 0.3) is 5.91 Å². The maximum atomic E-state index is 13.0. The lowest BCUT2D eigenvalue weighted by molar-refractivity contribution is -0.180. The minimum Gasteiger partial charge on any atom is -0.370 e. The fraction of sp³-hybridized carbons (Fsp3) is 0.400. The first-order valence-corrected chi connectivity index (χ1v) is 9.43. The molecule has 2 fully saturated rings. The van der Waals surface area contributed by atoms with E-state index in [0.29, 0.717) is 13.0 Å². The first-order valence-electron chi connectivity index (χ1n) is 9.43. The predicted octanol–water partition coefficient (Wildman–Crippen LogP) is 1.16. The SMILES string of the molecule is CCCN1C(=O)C2ON(CCC(N)=O)C(c3cnc4ccccc4c3)C2C1=O. The molecule has 8 heteroatoms. The van der Waals surface area contributed by atoms with Crippen LogP contribution in [0.5, 0.6) is 0 Å². The van der Waals surface area contributed by atoms with Crippen molar-refractivity contribution in [3.05, 3.63) is 42.1 Å². The van der Waals surface area contributed by atoms with Gasteiger partial charge >= 0.3 is 0 Å². The summed E-state index contributed by atoms with van der Waals surface area (Å²) in [5.41, 5.74) is 6.90. The maximum Gasteiger partial charge on any atom is 0.261 e. The van der Waals surface area contributed by atoms with E-state index >= 15 is 0 Å². The highest BCUT2D eigenvalue weighted by Gasteiger charge is 2.59. The van der Waals surface area contributed by atoms with Gasteiger partial charge in [-0.15, -0.1) is 0 Å². The summed E-state index contributed by atoms with van der Waals surface area (Å²) in [4.78, 5) is 48.6. The molecular weight excluding hydrogens is 360 g/mol. The van der Waals surface area contributed by atoms with Crippen LogP contribution in [0.25, 0.3) is 10.9 Å². The van der Waals surface area contributed by atoms with E-state index in [1.807, 2.05) is 37.3 Å². The monoisotopic (exact) mass is 382 g/mol. The number of nitrogens with zero attached hydrogens (tertiary/aromatic N) is 3. The van der Waals surface area contributed by atoms with Crippen LogP contribution in [-0.2, 0) is 19.2 Å². The van der Waals surface area contributed by atoms with E-state index in [9.17, 15) is 14.4 Å². The summed E-state index contributed by atoms with van der Waals surface area (Å²) in [6, 6.07) is 9.13. The Morgan fingerprint density at radius 3 is 2.75 bits per heavy atom. The number of carbonyl (C=O) groups excluding carboxylic acids is 3. The molecule has 3 heterocycles. The molecule has 1 aromatic heterocycles. The molecule has 0 radical (unpaired) electrons. The molecule has 3 atom stereocenters. The zero-order chi connectivity index (χ0) is 19.8. The van der Waals surface area contributed by atoms with Crippen LogP contribution >= 0.6 is 0 Å². The number of rotatable bonds is 6. The minimum absolute atomic E-state index is 0.0675. The quantitative estimate of drug-likeness (QED) is 0.752. The summed E-state index contributed by atoms with van der Waals surface area (Å²) >= 11 is 0. The van der Waals surface area contributed by atoms with Crippen molar-refractivity contribution in [2.24, 2.45) is 11.7 Å². The van der Waals surface area contributed by atoms with Crippen LogP contribution in [0.1, 0.15) is 31.4 Å².